The fourth-order valence-electron chi connectivity index (χ4n) is 6.52. The van der Waals surface area contributed by atoms with Crippen molar-refractivity contribution in [3.05, 3.63) is 130 Å². The summed E-state index contributed by atoms with van der Waals surface area (Å²) in [6.45, 7) is 0.586. The lowest BCUT2D eigenvalue weighted by Gasteiger charge is -2.26. The van der Waals surface area contributed by atoms with Crippen LogP contribution in [0.4, 0.5) is 0 Å². The van der Waals surface area contributed by atoms with Crippen LogP contribution in [0.15, 0.2) is 129 Å². The summed E-state index contributed by atoms with van der Waals surface area (Å²) >= 11 is -2.67. The molecule has 6 rings (SSSR count). The summed E-state index contributed by atoms with van der Waals surface area (Å²) in [6.07, 6.45) is -1.97. The zero-order valence-corrected chi connectivity index (χ0v) is 37.4. The second-order valence-electron chi connectivity index (χ2n) is 14.8. The number of carbonyl (C=O) groups excluding carboxylic acids is 2. The lowest BCUT2D eigenvalue weighted by Crippen LogP contribution is -2.42. The summed E-state index contributed by atoms with van der Waals surface area (Å²) in [5.74, 6) is 0.176. The van der Waals surface area contributed by atoms with Gasteiger partial charge in [0.1, 0.15) is 59.9 Å². The van der Waals surface area contributed by atoms with E-state index in [1.165, 1.54) is 12.1 Å². The van der Waals surface area contributed by atoms with Gasteiger partial charge in [0.25, 0.3) is 0 Å². The van der Waals surface area contributed by atoms with E-state index < -0.39 is 46.5 Å². The molecule has 0 radical (unpaired) electrons. The van der Waals surface area contributed by atoms with Crippen LogP contribution in [0, 0.1) is 0 Å². The standard InChI is InChI=1S/C46H50N4O12S2/c1-49(21-23-63(55)39-13-7-33(57-3)8-14-39)27-37(29-59-35-11-17-41-31(25-35)5-19-43(51)47-41)61-45(53)46(54)62-38(30-60-36-12-18-42-32(26-36)6-20-44(52)48-42)28-50(2)22-24-64(56)40-15-9-34(58-4)10-16-40/h5-20,25-26,37-38H,21-24,27-30H2,1-4H3,(H,47,51)(H,48,52). The number of pyridine rings is 2. The van der Waals surface area contributed by atoms with Crippen LogP contribution in [-0.4, -0.2) is 132 Å². The summed E-state index contributed by atoms with van der Waals surface area (Å²) in [5.41, 5.74) is 0.735. The predicted molar refractivity (Wildman–Crippen MR) is 243 cm³/mol. The summed E-state index contributed by atoms with van der Waals surface area (Å²) in [6, 6.07) is 30.2. The maximum Gasteiger partial charge on any atom is 0.417 e. The normalized spacial score (nSPS) is 13.3. The summed E-state index contributed by atoms with van der Waals surface area (Å²) in [5, 5.41) is 1.44. The number of rotatable bonds is 22. The van der Waals surface area contributed by atoms with E-state index in [2.05, 4.69) is 9.97 Å². The van der Waals surface area contributed by atoms with Gasteiger partial charge in [-0.3, -0.25) is 19.4 Å². The van der Waals surface area contributed by atoms with Crippen LogP contribution in [0.25, 0.3) is 21.8 Å². The highest BCUT2D eigenvalue weighted by Crippen LogP contribution is 2.22. The summed E-state index contributed by atoms with van der Waals surface area (Å²) in [4.78, 5) is 61.1. The van der Waals surface area contributed by atoms with Crippen molar-refractivity contribution in [1.29, 1.82) is 0 Å². The van der Waals surface area contributed by atoms with Gasteiger partial charge in [0.15, 0.2) is 9.79 Å². The van der Waals surface area contributed by atoms with E-state index >= 15 is 0 Å². The number of nitrogens with one attached hydrogen (secondary N) is 2. The molecule has 0 fully saturated rings. The first-order chi connectivity index (χ1) is 30.8. The first-order valence-electron chi connectivity index (χ1n) is 20.2. The minimum atomic E-state index is -1.33. The Morgan fingerprint density at radius 1 is 0.562 bits per heavy atom. The molecule has 0 saturated carbocycles. The topological polar surface area (TPSA) is 208 Å². The molecule has 0 aliphatic rings. The maximum absolute atomic E-state index is 13.5. The second-order valence-corrected chi connectivity index (χ2v) is 17.9. The zero-order chi connectivity index (χ0) is 45.6. The van der Waals surface area contributed by atoms with Crippen molar-refractivity contribution in [2.45, 2.75) is 22.0 Å². The van der Waals surface area contributed by atoms with Crippen molar-refractivity contribution in [1.82, 2.24) is 19.8 Å². The highest BCUT2D eigenvalue weighted by atomic mass is 32.2. The number of benzene rings is 4. The number of H-pyrrole nitrogens is 2. The van der Waals surface area contributed by atoms with Crippen LogP contribution in [0.2, 0.25) is 0 Å². The van der Waals surface area contributed by atoms with Crippen molar-refractivity contribution in [2.75, 3.05) is 79.2 Å². The molecule has 4 atom stereocenters. The average molecular weight is 915 g/mol. The molecule has 4 unspecified atom stereocenters. The monoisotopic (exact) mass is 914 g/mol. The molecule has 0 amide bonds. The fraction of sp³-hybridized carbons (Fsp3) is 0.304. The molecule has 2 N–H and O–H groups in total. The van der Waals surface area contributed by atoms with Crippen molar-refractivity contribution in [3.8, 4) is 23.0 Å². The number of likely N-dealkylation sites (N-methyl/N-ethyl adjacent to an activating group) is 2. The van der Waals surface area contributed by atoms with Crippen molar-refractivity contribution < 1.29 is 47.1 Å². The van der Waals surface area contributed by atoms with E-state index in [-0.39, 0.29) is 48.9 Å². The van der Waals surface area contributed by atoms with E-state index in [1.54, 1.807) is 125 Å². The number of nitrogens with zero attached hydrogens (tertiary/aromatic N) is 2. The third-order valence-electron chi connectivity index (χ3n) is 9.97. The number of methoxy groups -OCH3 is 2. The molecule has 0 aliphatic heterocycles. The Morgan fingerprint density at radius 2 is 0.938 bits per heavy atom. The number of aromatic nitrogens is 2. The molecule has 2 aromatic heterocycles. The largest absolute Gasteiger partial charge is 0.611 e. The van der Waals surface area contributed by atoms with E-state index in [1.807, 2.05) is 9.80 Å². The molecule has 18 heteroatoms. The fourth-order valence-corrected chi connectivity index (χ4v) is 8.82. The molecule has 0 bridgehead atoms. The molecular weight excluding hydrogens is 865 g/mol. The maximum atomic E-state index is 13.5. The first-order valence-corrected chi connectivity index (χ1v) is 22.8. The van der Waals surface area contributed by atoms with E-state index in [9.17, 15) is 28.3 Å². The Labute approximate surface area is 375 Å². The number of esters is 2. The van der Waals surface area contributed by atoms with Crippen LogP contribution >= 0.6 is 0 Å². The molecule has 64 heavy (non-hydrogen) atoms. The van der Waals surface area contributed by atoms with Gasteiger partial charge in [0.2, 0.25) is 11.1 Å². The van der Waals surface area contributed by atoms with Gasteiger partial charge in [-0.2, -0.15) is 0 Å². The molecule has 6 aromatic rings. The van der Waals surface area contributed by atoms with Crippen LogP contribution < -0.4 is 30.1 Å². The van der Waals surface area contributed by atoms with Crippen LogP contribution in [0.5, 0.6) is 23.0 Å². The lowest BCUT2D eigenvalue weighted by atomic mass is 10.2. The quantitative estimate of drug-likeness (QED) is 0.0558. The Bertz CT molecular complexity index is 2410. The minimum absolute atomic E-state index is 0.105. The Morgan fingerprint density at radius 3 is 1.31 bits per heavy atom. The van der Waals surface area contributed by atoms with E-state index in [4.69, 9.17) is 28.4 Å². The SMILES string of the molecule is COc1ccc([S+]([O-])CCN(C)CC(COc2ccc3[nH]c(=O)ccc3c2)OC(=O)C(=O)OC(COc2ccc3[nH]c(=O)ccc3c2)CN(C)CC[S+]([O-])c2ccc(OC)cc2)cc1. The summed E-state index contributed by atoms with van der Waals surface area (Å²) in [7, 11) is 6.65. The van der Waals surface area contributed by atoms with Crippen molar-refractivity contribution in [2.24, 2.45) is 0 Å². The second kappa shape index (κ2) is 23.1. The third kappa shape index (κ3) is 14.0. The molecule has 4 aromatic carbocycles. The third-order valence-corrected chi connectivity index (χ3v) is 12.7. The predicted octanol–water partition coefficient (Wildman–Crippen LogP) is 4.15. The Balaban J connectivity index is 1.12. The lowest BCUT2D eigenvalue weighted by molar-refractivity contribution is -0.176. The van der Waals surface area contributed by atoms with Gasteiger partial charge in [-0.25, -0.2) is 9.59 Å². The van der Waals surface area contributed by atoms with Gasteiger partial charge in [-0.15, -0.1) is 0 Å². The Hall–Kier alpha value is -6.02. The van der Waals surface area contributed by atoms with E-state index in [0.29, 0.717) is 56.9 Å². The number of hydrogen-bond acceptors (Lipinski definition) is 14. The number of ether oxygens (including phenoxy) is 6. The van der Waals surface area contributed by atoms with Crippen molar-refractivity contribution in [3.63, 3.8) is 0 Å². The molecule has 338 valence electrons. The van der Waals surface area contributed by atoms with Crippen LogP contribution in [0.1, 0.15) is 0 Å². The Kier molecular flexibility index (Phi) is 17.1. The number of carbonyl (C=O) groups is 2. The van der Waals surface area contributed by atoms with Crippen LogP contribution in [-0.2, 0) is 41.4 Å². The van der Waals surface area contributed by atoms with Gasteiger partial charge in [0.05, 0.1) is 14.2 Å². The molecule has 0 spiro atoms. The molecule has 0 saturated heterocycles. The molecule has 16 nitrogen and oxygen atoms in total. The highest BCUT2D eigenvalue weighted by molar-refractivity contribution is 7.91. The number of fused-ring (bicyclic) bond motifs is 2. The van der Waals surface area contributed by atoms with Crippen LogP contribution in [0.3, 0.4) is 0 Å². The molecular formula is C46H50N4O12S2. The van der Waals surface area contributed by atoms with Gasteiger partial charge in [-0.05, 0) is 134 Å². The highest BCUT2D eigenvalue weighted by Gasteiger charge is 2.29. The van der Waals surface area contributed by atoms with E-state index in [0.717, 1.165) is 10.8 Å². The smallest absolute Gasteiger partial charge is 0.417 e. The summed E-state index contributed by atoms with van der Waals surface area (Å²) < 4.78 is 60.2. The van der Waals surface area contributed by atoms with Gasteiger partial charge in [-0.1, -0.05) is 0 Å². The van der Waals surface area contributed by atoms with Gasteiger partial charge >= 0.3 is 11.9 Å². The van der Waals surface area contributed by atoms with Gasteiger partial charge < -0.3 is 47.5 Å². The molecule has 0 aliphatic carbocycles. The number of hydrogen-bond donors (Lipinski definition) is 2. The molecule has 2 heterocycles. The van der Waals surface area contributed by atoms with Gasteiger partial charge in [0, 0.05) is 60.1 Å². The van der Waals surface area contributed by atoms with Crippen molar-refractivity contribution >= 4 is 56.1 Å². The number of aromatic amines is 2. The average Bonchev–Trinajstić information content (AvgIpc) is 3.30. The first kappa shape index (κ1) is 47.5. The zero-order valence-electron chi connectivity index (χ0n) is 35.8. The minimum Gasteiger partial charge on any atom is -0.611 e.